The fraction of sp³-hybridized carbons (Fsp3) is 0.0526. The van der Waals surface area contributed by atoms with Crippen LogP contribution in [0.3, 0.4) is 0 Å². The van der Waals surface area contributed by atoms with E-state index in [2.05, 4.69) is 10.3 Å². The third-order valence-corrected chi connectivity index (χ3v) is 4.67. The molecule has 2 heterocycles. The number of amides is 1. The molecule has 0 unspecified atom stereocenters. The zero-order valence-corrected chi connectivity index (χ0v) is 14.3. The van der Waals surface area contributed by atoms with E-state index in [1.54, 1.807) is 30.6 Å². The quantitative estimate of drug-likeness (QED) is 0.597. The molecule has 124 valence electrons. The van der Waals surface area contributed by atoms with E-state index in [-0.39, 0.29) is 5.91 Å². The van der Waals surface area contributed by atoms with E-state index in [0.717, 1.165) is 16.2 Å². The van der Waals surface area contributed by atoms with Crippen molar-refractivity contribution >= 4 is 27.9 Å². The summed E-state index contributed by atoms with van der Waals surface area (Å²) in [6.45, 7) is 0. The van der Waals surface area contributed by atoms with E-state index in [1.165, 1.54) is 0 Å². The highest BCUT2D eigenvalue weighted by atomic mass is 32.1. The molecule has 0 saturated heterocycles. The van der Waals surface area contributed by atoms with Crippen LogP contribution in [-0.2, 0) is 0 Å². The van der Waals surface area contributed by atoms with Crippen molar-refractivity contribution in [2.75, 3.05) is 12.4 Å². The van der Waals surface area contributed by atoms with Gasteiger partial charge in [-0.15, -0.1) is 11.3 Å². The van der Waals surface area contributed by atoms with E-state index in [1.807, 2.05) is 58.6 Å². The molecule has 1 N–H and O–H groups in total. The number of ether oxygens (including phenoxy) is 1. The van der Waals surface area contributed by atoms with Crippen molar-refractivity contribution < 1.29 is 9.53 Å². The topological polar surface area (TPSA) is 55.6 Å². The van der Waals surface area contributed by atoms with Crippen molar-refractivity contribution in [3.05, 3.63) is 71.9 Å². The fourth-order valence-corrected chi connectivity index (χ4v) is 3.39. The van der Waals surface area contributed by atoms with Gasteiger partial charge >= 0.3 is 0 Å². The molecule has 0 aliphatic carbocycles. The predicted octanol–water partition coefficient (Wildman–Crippen LogP) is 4.32. The number of aromatic nitrogens is 2. The smallest absolute Gasteiger partial charge is 0.259 e. The minimum absolute atomic E-state index is 0.217. The van der Waals surface area contributed by atoms with Gasteiger partial charge in [0.2, 0.25) is 0 Å². The van der Waals surface area contributed by atoms with E-state index in [9.17, 15) is 4.79 Å². The lowest BCUT2D eigenvalue weighted by Gasteiger charge is -2.11. The van der Waals surface area contributed by atoms with Crippen molar-refractivity contribution in [1.29, 1.82) is 0 Å². The summed E-state index contributed by atoms with van der Waals surface area (Å²) in [6, 6.07) is 14.8. The average Bonchev–Trinajstić information content (AvgIpc) is 3.24. The van der Waals surface area contributed by atoms with Gasteiger partial charge in [0.05, 0.1) is 24.1 Å². The number of benzene rings is 2. The van der Waals surface area contributed by atoms with Crippen LogP contribution in [0.4, 0.5) is 5.69 Å². The van der Waals surface area contributed by atoms with Crippen LogP contribution >= 0.6 is 11.3 Å². The number of rotatable bonds is 4. The summed E-state index contributed by atoms with van der Waals surface area (Å²) in [4.78, 5) is 18.2. The number of carbonyl (C=O) groups excluding carboxylic acids is 1. The van der Waals surface area contributed by atoms with Gasteiger partial charge in [-0.05, 0) is 18.2 Å². The number of fused-ring (bicyclic) bond motifs is 1. The number of anilines is 1. The maximum atomic E-state index is 12.7. The number of methoxy groups -OCH3 is 1. The lowest BCUT2D eigenvalue weighted by Crippen LogP contribution is -2.13. The highest BCUT2D eigenvalue weighted by Gasteiger charge is 2.15. The first-order valence-electron chi connectivity index (χ1n) is 7.72. The Hall–Kier alpha value is -3.12. The summed E-state index contributed by atoms with van der Waals surface area (Å²) in [5.41, 5.74) is 2.90. The molecule has 0 saturated carbocycles. The van der Waals surface area contributed by atoms with Crippen molar-refractivity contribution in [2.24, 2.45) is 0 Å². The highest BCUT2D eigenvalue weighted by molar-refractivity contribution is 7.15. The molecule has 25 heavy (non-hydrogen) atoms. The maximum absolute atomic E-state index is 12.7. The molecule has 0 spiro atoms. The Bertz CT molecular complexity index is 1020. The van der Waals surface area contributed by atoms with Gasteiger partial charge in [0.25, 0.3) is 5.91 Å². The van der Waals surface area contributed by atoms with Gasteiger partial charge in [-0.2, -0.15) is 0 Å². The summed E-state index contributed by atoms with van der Waals surface area (Å²) in [5, 5.41) is 4.96. The molecule has 2 aromatic carbocycles. The Labute approximate surface area is 148 Å². The van der Waals surface area contributed by atoms with Crippen LogP contribution in [0.1, 0.15) is 10.4 Å². The molecule has 0 fully saturated rings. The van der Waals surface area contributed by atoms with Gasteiger partial charge in [0.15, 0.2) is 4.96 Å². The first-order valence-corrected chi connectivity index (χ1v) is 8.60. The largest absolute Gasteiger partial charge is 0.496 e. The highest BCUT2D eigenvalue weighted by Crippen LogP contribution is 2.29. The van der Waals surface area contributed by atoms with Gasteiger partial charge in [-0.1, -0.05) is 30.3 Å². The first kappa shape index (κ1) is 15.4. The van der Waals surface area contributed by atoms with Crippen molar-refractivity contribution in [3.63, 3.8) is 0 Å². The molecule has 6 heteroatoms. The van der Waals surface area contributed by atoms with Crippen molar-refractivity contribution in [3.8, 4) is 17.0 Å². The van der Waals surface area contributed by atoms with Crippen LogP contribution in [0.15, 0.2) is 66.3 Å². The molecule has 0 aliphatic rings. The monoisotopic (exact) mass is 349 g/mol. The summed E-state index contributed by atoms with van der Waals surface area (Å²) < 4.78 is 7.24. The summed E-state index contributed by atoms with van der Waals surface area (Å²) >= 11 is 1.57. The summed E-state index contributed by atoms with van der Waals surface area (Å²) in [6.07, 6.45) is 3.92. The van der Waals surface area contributed by atoms with Crippen LogP contribution in [0.2, 0.25) is 0 Å². The van der Waals surface area contributed by atoms with Gasteiger partial charge in [0, 0.05) is 23.3 Å². The molecule has 5 nitrogen and oxygen atoms in total. The Morgan fingerprint density at radius 2 is 1.96 bits per heavy atom. The minimum Gasteiger partial charge on any atom is -0.496 e. The summed E-state index contributed by atoms with van der Waals surface area (Å²) in [5.74, 6) is 0.325. The van der Waals surface area contributed by atoms with E-state index < -0.39 is 0 Å². The van der Waals surface area contributed by atoms with E-state index in [4.69, 9.17) is 4.74 Å². The lowest BCUT2D eigenvalue weighted by atomic mass is 10.1. The third kappa shape index (κ3) is 2.88. The molecule has 1 amide bonds. The van der Waals surface area contributed by atoms with Crippen LogP contribution in [0, 0.1) is 0 Å². The van der Waals surface area contributed by atoms with Gasteiger partial charge in [-0.3, -0.25) is 9.20 Å². The number of carbonyl (C=O) groups is 1. The molecule has 0 atom stereocenters. The molecule has 4 rings (SSSR count). The second-order valence-corrected chi connectivity index (χ2v) is 6.29. The third-order valence-electron chi connectivity index (χ3n) is 3.90. The number of nitrogens with zero attached hydrogens (tertiary/aromatic N) is 2. The molecule has 0 aliphatic heterocycles. The zero-order chi connectivity index (χ0) is 17.2. The average molecular weight is 349 g/mol. The maximum Gasteiger partial charge on any atom is 0.259 e. The van der Waals surface area contributed by atoms with Crippen LogP contribution in [0.25, 0.3) is 16.2 Å². The molecule has 0 radical (unpaired) electrons. The van der Waals surface area contributed by atoms with Crippen LogP contribution in [0.5, 0.6) is 5.75 Å². The summed E-state index contributed by atoms with van der Waals surface area (Å²) in [7, 11) is 1.55. The SMILES string of the molecule is COc1ccccc1C(=O)Nc1ccccc1-c1cn2ccsc2n1. The molecule has 2 aromatic heterocycles. The number of hydrogen-bond acceptors (Lipinski definition) is 4. The van der Waals surface area contributed by atoms with E-state index in [0.29, 0.717) is 17.0 Å². The zero-order valence-electron chi connectivity index (χ0n) is 13.5. The number of hydrogen-bond donors (Lipinski definition) is 1. The second kappa shape index (κ2) is 6.41. The normalized spacial score (nSPS) is 10.8. The number of thiazole rings is 1. The first-order chi connectivity index (χ1) is 12.3. The molecular weight excluding hydrogens is 334 g/mol. The molecular formula is C19H15N3O2S. The Morgan fingerprint density at radius 3 is 2.80 bits per heavy atom. The van der Waals surface area contributed by atoms with Crippen LogP contribution < -0.4 is 10.1 Å². The lowest BCUT2D eigenvalue weighted by molar-refractivity contribution is 0.102. The number of imidazole rings is 1. The number of nitrogens with one attached hydrogen (secondary N) is 1. The Kier molecular flexibility index (Phi) is 3.95. The van der Waals surface area contributed by atoms with Crippen LogP contribution in [-0.4, -0.2) is 22.4 Å². The second-order valence-electron chi connectivity index (χ2n) is 5.42. The Balaban J connectivity index is 1.69. The molecule has 0 bridgehead atoms. The molecule has 4 aromatic rings. The minimum atomic E-state index is -0.217. The van der Waals surface area contributed by atoms with Gasteiger partial charge in [0.1, 0.15) is 5.75 Å². The van der Waals surface area contributed by atoms with Crippen molar-refractivity contribution in [2.45, 2.75) is 0 Å². The standard InChI is InChI=1S/C19H15N3O2S/c1-24-17-9-5-3-7-14(17)18(23)20-15-8-4-2-6-13(15)16-12-22-10-11-25-19(22)21-16/h2-12H,1H3,(H,20,23). The van der Waals surface area contributed by atoms with Gasteiger partial charge in [-0.25, -0.2) is 4.98 Å². The predicted molar refractivity (Wildman–Crippen MR) is 99.5 cm³/mol. The van der Waals surface area contributed by atoms with Crippen molar-refractivity contribution in [1.82, 2.24) is 9.38 Å². The number of para-hydroxylation sites is 2. The van der Waals surface area contributed by atoms with E-state index >= 15 is 0 Å². The van der Waals surface area contributed by atoms with Gasteiger partial charge < -0.3 is 10.1 Å². The fourth-order valence-electron chi connectivity index (χ4n) is 2.69. The Morgan fingerprint density at radius 1 is 1.16 bits per heavy atom.